The molecule has 6 nitrogen and oxygen atoms in total. The monoisotopic (exact) mass is 369 g/mol. The van der Waals surface area contributed by atoms with E-state index in [-0.39, 0.29) is 5.91 Å². The van der Waals surface area contributed by atoms with E-state index in [1.54, 1.807) is 14.0 Å². The third-order valence-corrected chi connectivity index (χ3v) is 4.23. The van der Waals surface area contributed by atoms with E-state index in [9.17, 15) is 9.59 Å². The third-order valence-electron chi connectivity index (χ3n) is 4.23. The molecule has 0 bridgehead atoms. The van der Waals surface area contributed by atoms with Gasteiger partial charge in [0.15, 0.2) is 0 Å². The van der Waals surface area contributed by atoms with Gasteiger partial charge in [-0.1, -0.05) is 48.0 Å². The van der Waals surface area contributed by atoms with Gasteiger partial charge in [-0.25, -0.2) is 4.79 Å². The summed E-state index contributed by atoms with van der Waals surface area (Å²) in [6.45, 7) is 4.76. The Morgan fingerprint density at radius 3 is 2.48 bits per heavy atom. The van der Waals surface area contributed by atoms with Crippen molar-refractivity contribution in [3.05, 3.63) is 65.2 Å². The molecule has 3 amide bonds. The summed E-state index contributed by atoms with van der Waals surface area (Å²) in [6, 6.07) is 14.3. The number of benzene rings is 2. The van der Waals surface area contributed by atoms with Gasteiger partial charge >= 0.3 is 6.03 Å². The van der Waals surface area contributed by atoms with Crippen molar-refractivity contribution in [3.63, 3.8) is 0 Å². The van der Waals surface area contributed by atoms with Gasteiger partial charge in [0.1, 0.15) is 11.8 Å². The first-order valence-corrected chi connectivity index (χ1v) is 8.93. The van der Waals surface area contributed by atoms with Crippen LogP contribution in [0.3, 0.4) is 0 Å². The second-order valence-electron chi connectivity index (χ2n) is 6.39. The fourth-order valence-corrected chi connectivity index (χ4v) is 3.02. The average molecular weight is 369 g/mol. The van der Waals surface area contributed by atoms with Gasteiger partial charge in [0.25, 0.3) is 0 Å². The molecular formula is C21H27N3O3. The predicted octanol–water partition coefficient (Wildman–Crippen LogP) is 3.02. The zero-order chi connectivity index (χ0) is 19.8. The number of rotatable bonds is 7. The predicted molar refractivity (Wildman–Crippen MR) is 106 cm³/mol. The zero-order valence-corrected chi connectivity index (χ0v) is 16.3. The van der Waals surface area contributed by atoms with Crippen LogP contribution in [0.4, 0.5) is 4.79 Å². The molecule has 2 N–H and O–H groups in total. The van der Waals surface area contributed by atoms with Crippen molar-refractivity contribution in [2.24, 2.45) is 0 Å². The van der Waals surface area contributed by atoms with E-state index < -0.39 is 12.1 Å². The first kappa shape index (κ1) is 20.5. The Morgan fingerprint density at radius 2 is 1.85 bits per heavy atom. The fourth-order valence-electron chi connectivity index (χ4n) is 3.02. The maximum absolute atomic E-state index is 12.8. The summed E-state index contributed by atoms with van der Waals surface area (Å²) in [5.41, 5.74) is 2.90. The Morgan fingerprint density at radius 1 is 1.15 bits per heavy atom. The third kappa shape index (κ3) is 5.56. The fraction of sp³-hybridized carbons (Fsp3) is 0.333. The molecule has 27 heavy (non-hydrogen) atoms. The summed E-state index contributed by atoms with van der Waals surface area (Å²) in [5, 5.41) is 5.01. The maximum atomic E-state index is 12.8. The lowest BCUT2D eigenvalue weighted by atomic mass is 10.0. The summed E-state index contributed by atoms with van der Waals surface area (Å²) < 4.78 is 5.45. The smallest absolute Gasteiger partial charge is 0.321 e. The largest absolute Gasteiger partial charge is 0.496 e. The number of imide groups is 1. The molecule has 0 unspecified atom stereocenters. The lowest BCUT2D eigenvalue weighted by molar-refractivity contribution is -0.125. The summed E-state index contributed by atoms with van der Waals surface area (Å²) in [4.78, 5) is 26.6. The van der Waals surface area contributed by atoms with Crippen molar-refractivity contribution >= 4 is 11.9 Å². The summed E-state index contributed by atoms with van der Waals surface area (Å²) in [6.07, 6.45) is 0. The highest BCUT2D eigenvalue weighted by Crippen LogP contribution is 2.26. The highest BCUT2D eigenvalue weighted by atomic mass is 16.5. The molecule has 0 aliphatic heterocycles. The van der Waals surface area contributed by atoms with E-state index in [1.165, 1.54) is 0 Å². The van der Waals surface area contributed by atoms with E-state index >= 15 is 0 Å². The first-order valence-electron chi connectivity index (χ1n) is 8.93. The van der Waals surface area contributed by atoms with Gasteiger partial charge < -0.3 is 10.1 Å². The number of nitrogens with one attached hydrogen (secondary N) is 2. The van der Waals surface area contributed by atoms with Gasteiger partial charge in [-0.3, -0.25) is 15.0 Å². The minimum Gasteiger partial charge on any atom is -0.496 e. The van der Waals surface area contributed by atoms with Crippen molar-refractivity contribution < 1.29 is 14.3 Å². The minimum absolute atomic E-state index is 0.374. The lowest BCUT2D eigenvalue weighted by Crippen LogP contribution is -2.45. The number of urea groups is 1. The maximum Gasteiger partial charge on any atom is 0.321 e. The van der Waals surface area contributed by atoms with Crippen LogP contribution in [-0.2, 0) is 11.3 Å². The van der Waals surface area contributed by atoms with Crippen molar-refractivity contribution in [2.45, 2.75) is 26.4 Å². The number of ether oxygens (including phenoxy) is 1. The second kappa shape index (κ2) is 9.73. The minimum atomic E-state index is -0.612. The first-order chi connectivity index (χ1) is 13.0. The average Bonchev–Trinajstić information content (AvgIpc) is 2.63. The molecule has 144 valence electrons. The Balaban J connectivity index is 2.29. The molecular weight excluding hydrogens is 342 g/mol. The van der Waals surface area contributed by atoms with Crippen molar-refractivity contribution in [3.8, 4) is 5.75 Å². The van der Waals surface area contributed by atoms with Crippen LogP contribution in [0, 0.1) is 6.92 Å². The van der Waals surface area contributed by atoms with Crippen LogP contribution in [0.25, 0.3) is 0 Å². The lowest BCUT2D eigenvalue weighted by Gasteiger charge is -2.28. The number of nitrogens with zero attached hydrogens (tertiary/aromatic N) is 1. The number of carbonyl (C=O) groups is 2. The summed E-state index contributed by atoms with van der Waals surface area (Å²) >= 11 is 0. The molecule has 2 aromatic rings. The number of likely N-dealkylation sites (N-methyl/N-ethyl adjacent to an activating group) is 1. The normalized spacial score (nSPS) is 11.7. The molecule has 1 atom stereocenters. The molecule has 0 spiro atoms. The van der Waals surface area contributed by atoms with Gasteiger partial charge in [-0.15, -0.1) is 0 Å². The number of carbonyl (C=O) groups excluding carboxylic acids is 2. The summed E-state index contributed by atoms with van der Waals surface area (Å²) in [5.74, 6) is 0.393. The SMILES string of the molecule is CCNC(=O)NC(=O)[C@H](c1ccccc1)N(C)Cc1cc(C)ccc1OC. The molecule has 2 rings (SSSR count). The van der Waals surface area contributed by atoms with Gasteiger partial charge in [0.2, 0.25) is 5.91 Å². The van der Waals surface area contributed by atoms with Crippen molar-refractivity contribution in [1.29, 1.82) is 0 Å². The van der Waals surface area contributed by atoms with Crippen LogP contribution in [0.2, 0.25) is 0 Å². The molecule has 0 aliphatic rings. The molecule has 2 aromatic carbocycles. The standard InChI is InChI=1S/C21H27N3O3/c1-5-22-21(26)23-20(25)19(16-9-7-6-8-10-16)24(3)14-17-13-15(2)11-12-18(17)27-4/h6-13,19H,5,14H2,1-4H3,(H2,22,23,25,26)/t19-/m0/s1. The van der Waals surface area contributed by atoms with Crippen LogP contribution in [0.15, 0.2) is 48.5 Å². The molecule has 0 fully saturated rings. The molecule has 0 aromatic heterocycles. The van der Waals surface area contributed by atoms with E-state index in [2.05, 4.69) is 10.6 Å². The van der Waals surface area contributed by atoms with E-state index in [4.69, 9.17) is 4.74 Å². The van der Waals surface area contributed by atoms with E-state index in [0.29, 0.717) is 13.1 Å². The molecule has 0 aliphatic carbocycles. The molecule has 6 heteroatoms. The topological polar surface area (TPSA) is 70.7 Å². The van der Waals surface area contributed by atoms with Gasteiger partial charge in [0.05, 0.1) is 7.11 Å². The highest BCUT2D eigenvalue weighted by Gasteiger charge is 2.27. The van der Waals surface area contributed by atoms with Crippen molar-refractivity contribution in [2.75, 3.05) is 20.7 Å². The number of aryl methyl sites for hydroxylation is 1. The van der Waals surface area contributed by atoms with Gasteiger partial charge in [-0.05, 0) is 32.5 Å². The van der Waals surface area contributed by atoms with E-state index in [0.717, 1.165) is 22.4 Å². The van der Waals surface area contributed by atoms with Crippen molar-refractivity contribution in [1.82, 2.24) is 15.5 Å². The molecule has 0 saturated carbocycles. The molecule has 0 heterocycles. The Labute approximate surface area is 160 Å². The number of amides is 3. The Hall–Kier alpha value is -2.86. The number of hydrogen-bond acceptors (Lipinski definition) is 4. The van der Waals surface area contributed by atoms with Crippen LogP contribution >= 0.6 is 0 Å². The van der Waals surface area contributed by atoms with Crippen LogP contribution < -0.4 is 15.4 Å². The van der Waals surface area contributed by atoms with Crippen LogP contribution in [0.5, 0.6) is 5.75 Å². The Bertz CT molecular complexity index is 777. The number of methoxy groups -OCH3 is 1. The highest BCUT2D eigenvalue weighted by molar-refractivity contribution is 5.97. The van der Waals surface area contributed by atoms with Crippen LogP contribution in [0.1, 0.15) is 29.7 Å². The Kier molecular flexibility index (Phi) is 7.37. The van der Waals surface area contributed by atoms with Gasteiger partial charge in [0, 0.05) is 18.7 Å². The second-order valence-corrected chi connectivity index (χ2v) is 6.39. The quantitative estimate of drug-likeness (QED) is 0.787. The molecule has 0 radical (unpaired) electrons. The molecule has 0 saturated heterocycles. The van der Waals surface area contributed by atoms with Gasteiger partial charge in [-0.2, -0.15) is 0 Å². The van der Waals surface area contributed by atoms with E-state index in [1.807, 2.05) is 67.4 Å². The number of hydrogen-bond donors (Lipinski definition) is 2. The zero-order valence-electron chi connectivity index (χ0n) is 16.3. The summed E-state index contributed by atoms with van der Waals surface area (Å²) in [7, 11) is 3.49. The van der Waals surface area contributed by atoms with Crippen LogP contribution in [-0.4, -0.2) is 37.5 Å².